The number of carbonyl (C=O) groups excluding carboxylic acids is 1. The van der Waals surface area contributed by atoms with Crippen molar-refractivity contribution in [3.8, 4) is 6.01 Å². The molecule has 0 amide bonds. The van der Waals surface area contributed by atoms with Gasteiger partial charge in [0.1, 0.15) is 6.54 Å². The molecule has 2 aromatic rings. The van der Waals surface area contributed by atoms with Gasteiger partial charge in [0.05, 0.1) is 18.1 Å². The first kappa shape index (κ1) is 27.1. The molecular formula is C25H36N6O5. The molecule has 196 valence electrons. The molecule has 0 radical (unpaired) electrons. The van der Waals surface area contributed by atoms with Crippen molar-refractivity contribution in [2.75, 3.05) is 50.0 Å². The van der Waals surface area contributed by atoms with Crippen molar-refractivity contribution in [2.45, 2.75) is 52.5 Å². The average Bonchev–Trinajstić information content (AvgIpc) is 3.36. The fourth-order valence-electron chi connectivity index (χ4n) is 4.17. The Balaban J connectivity index is 1.90. The third-order valence-electron chi connectivity index (χ3n) is 5.99. The van der Waals surface area contributed by atoms with Crippen molar-refractivity contribution in [1.82, 2.24) is 14.9 Å². The van der Waals surface area contributed by atoms with Gasteiger partial charge in [-0.05, 0) is 56.8 Å². The molecule has 1 fully saturated rings. The summed E-state index contributed by atoms with van der Waals surface area (Å²) in [5.74, 6) is -0.915. The highest BCUT2D eigenvalue weighted by Crippen LogP contribution is 2.33. The van der Waals surface area contributed by atoms with Gasteiger partial charge in [-0.3, -0.25) is 14.9 Å². The SMILES string of the molecule is CCCCOc1nc(N)c([N+](=O)[O-])c(N(CC(=O)OCC)Cc2cccc(CCN3CCCC3)c2)n1. The van der Waals surface area contributed by atoms with Crippen LogP contribution in [0, 0.1) is 10.1 Å². The van der Waals surface area contributed by atoms with Gasteiger partial charge in [0.2, 0.25) is 11.6 Å². The summed E-state index contributed by atoms with van der Waals surface area (Å²) in [4.78, 5) is 35.9. The number of nitrogens with two attached hydrogens (primary N) is 1. The number of hydrogen-bond donors (Lipinski definition) is 1. The second kappa shape index (κ2) is 13.6. The summed E-state index contributed by atoms with van der Waals surface area (Å²) in [5.41, 5.74) is 7.54. The van der Waals surface area contributed by atoms with E-state index < -0.39 is 16.6 Å². The zero-order chi connectivity index (χ0) is 25.9. The smallest absolute Gasteiger partial charge is 0.353 e. The zero-order valence-electron chi connectivity index (χ0n) is 21.1. The Kier molecular flexibility index (Phi) is 10.2. The number of nitro groups is 1. The molecule has 36 heavy (non-hydrogen) atoms. The molecule has 2 N–H and O–H groups in total. The first-order chi connectivity index (χ1) is 17.4. The van der Waals surface area contributed by atoms with Crippen LogP contribution >= 0.6 is 0 Å². The molecule has 1 aliphatic rings. The lowest BCUT2D eigenvalue weighted by molar-refractivity contribution is -0.383. The number of nitrogen functional groups attached to an aromatic ring is 1. The number of likely N-dealkylation sites (tertiary alicyclic amines) is 1. The van der Waals surface area contributed by atoms with Crippen LogP contribution in [-0.4, -0.2) is 65.2 Å². The van der Waals surface area contributed by atoms with Gasteiger partial charge in [-0.1, -0.05) is 37.6 Å². The minimum absolute atomic E-state index is 0.0604. The van der Waals surface area contributed by atoms with Crippen LogP contribution in [0.2, 0.25) is 0 Å². The maximum absolute atomic E-state index is 12.5. The van der Waals surface area contributed by atoms with Gasteiger partial charge >= 0.3 is 17.7 Å². The fraction of sp³-hybridized carbons (Fsp3) is 0.560. The van der Waals surface area contributed by atoms with Crippen LogP contribution in [0.3, 0.4) is 0 Å². The van der Waals surface area contributed by atoms with E-state index in [9.17, 15) is 14.9 Å². The average molecular weight is 501 g/mol. The quantitative estimate of drug-likeness (QED) is 0.178. The molecule has 3 rings (SSSR count). The molecule has 1 aromatic carbocycles. The van der Waals surface area contributed by atoms with Crippen LogP contribution in [0.15, 0.2) is 24.3 Å². The molecule has 0 aliphatic carbocycles. The zero-order valence-corrected chi connectivity index (χ0v) is 21.1. The number of anilines is 2. The fourth-order valence-corrected chi connectivity index (χ4v) is 4.17. The minimum Gasteiger partial charge on any atom is -0.465 e. The first-order valence-electron chi connectivity index (χ1n) is 12.6. The number of esters is 1. The molecule has 1 aromatic heterocycles. The van der Waals surface area contributed by atoms with E-state index in [-0.39, 0.29) is 37.3 Å². The van der Waals surface area contributed by atoms with E-state index in [4.69, 9.17) is 15.2 Å². The number of carbonyl (C=O) groups is 1. The Morgan fingerprint density at radius 1 is 1.22 bits per heavy atom. The standard InChI is InChI=1S/C25H36N6O5/c1-3-5-15-36-25-27-23(26)22(31(33)34)24(28-25)30(18-21(32)35-4-2)17-20-10-8-9-19(16-20)11-14-29-12-6-7-13-29/h8-10,16H,3-7,11-15,17-18H2,1-2H3,(H2,26,27,28). The van der Waals surface area contributed by atoms with E-state index >= 15 is 0 Å². The van der Waals surface area contributed by atoms with Crippen molar-refractivity contribution < 1.29 is 19.2 Å². The maximum atomic E-state index is 12.5. The van der Waals surface area contributed by atoms with Gasteiger partial charge in [-0.15, -0.1) is 0 Å². The summed E-state index contributed by atoms with van der Waals surface area (Å²) in [5, 5.41) is 11.9. The Bertz CT molecular complexity index is 1030. The predicted octanol–water partition coefficient (Wildman–Crippen LogP) is 3.35. The maximum Gasteiger partial charge on any atom is 0.353 e. The molecule has 1 saturated heterocycles. The van der Waals surface area contributed by atoms with Gasteiger partial charge < -0.3 is 25.0 Å². The van der Waals surface area contributed by atoms with Crippen molar-refractivity contribution in [2.24, 2.45) is 0 Å². The first-order valence-corrected chi connectivity index (χ1v) is 12.6. The van der Waals surface area contributed by atoms with E-state index in [0.29, 0.717) is 6.61 Å². The van der Waals surface area contributed by atoms with Gasteiger partial charge in [0.25, 0.3) is 0 Å². The lowest BCUT2D eigenvalue weighted by Gasteiger charge is -2.23. The molecule has 0 bridgehead atoms. The summed E-state index contributed by atoms with van der Waals surface area (Å²) < 4.78 is 10.7. The van der Waals surface area contributed by atoms with Crippen LogP contribution in [0.25, 0.3) is 0 Å². The summed E-state index contributed by atoms with van der Waals surface area (Å²) in [6, 6.07) is 7.95. The molecule has 0 saturated carbocycles. The topological polar surface area (TPSA) is 137 Å². The highest BCUT2D eigenvalue weighted by molar-refractivity contribution is 5.78. The van der Waals surface area contributed by atoms with Crippen LogP contribution in [0.4, 0.5) is 17.3 Å². The molecule has 11 nitrogen and oxygen atoms in total. The second-order valence-corrected chi connectivity index (χ2v) is 8.80. The number of nitrogens with zero attached hydrogens (tertiary/aromatic N) is 5. The van der Waals surface area contributed by atoms with Crippen LogP contribution in [-0.2, 0) is 22.5 Å². The number of ether oxygens (including phenoxy) is 2. The Labute approximate surface area is 211 Å². The number of benzene rings is 1. The molecule has 1 aliphatic heterocycles. The van der Waals surface area contributed by atoms with Gasteiger partial charge in [-0.25, -0.2) is 0 Å². The summed E-state index contributed by atoms with van der Waals surface area (Å²) >= 11 is 0. The monoisotopic (exact) mass is 500 g/mol. The molecule has 11 heteroatoms. The second-order valence-electron chi connectivity index (χ2n) is 8.80. The Morgan fingerprint density at radius 2 is 1.97 bits per heavy atom. The third-order valence-corrected chi connectivity index (χ3v) is 5.99. The number of aromatic nitrogens is 2. The summed E-state index contributed by atoms with van der Waals surface area (Å²) in [6.45, 7) is 7.48. The molecule has 0 atom stereocenters. The largest absolute Gasteiger partial charge is 0.465 e. The third kappa shape index (κ3) is 7.77. The Hall–Kier alpha value is -3.47. The van der Waals surface area contributed by atoms with Crippen LogP contribution < -0.4 is 15.4 Å². The van der Waals surface area contributed by atoms with Gasteiger partial charge in [-0.2, -0.15) is 9.97 Å². The van der Waals surface area contributed by atoms with E-state index in [1.807, 2.05) is 19.1 Å². The highest BCUT2D eigenvalue weighted by Gasteiger charge is 2.29. The van der Waals surface area contributed by atoms with Gasteiger partial charge in [0.15, 0.2) is 0 Å². The molecule has 0 spiro atoms. The van der Waals surface area contributed by atoms with E-state index in [2.05, 4.69) is 27.0 Å². The van der Waals surface area contributed by atoms with Crippen molar-refractivity contribution in [3.05, 3.63) is 45.5 Å². The predicted molar refractivity (Wildman–Crippen MR) is 137 cm³/mol. The highest BCUT2D eigenvalue weighted by atomic mass is 16.6. The van der Waals surface area contributed by atoms with Crippen molar-refractivity contribution in [1.29, 1.82) is 0 Å². The van der Waals surface area contributed by atoms with Gasteiger partial charge in [0, 0.05) is 13.1 Å². The Morgan fingerprint density at radius 3 is 2.67 bits per heavy atom. The molecule has 2 heterocycles. The molecule has 0 unspecified atom stereocenters. The van der Waals surface area contributed by atoms with Crippen LogP contribution in [0.1, 0.15) is 50.7 Å². The number of hydrogen-bond acceptors (Lipinski definition) is 10. The lowest BCUT2D eigenvalue weighted by atomic mass is 10.1. The normalized spacial score (nSPS) is 13.5. The summed E-state index contributed by atoms with van der Waals surface area (Å²) in [7, 11) is 0. The van der Waals surface area contributed by atoms with Crippen molar-refractivity contribution in [3.63, 3.8) is 0 Å². The van der Waals surface area contributed by atoms with E-state index in [1.165, 1.54) is 17.7 Å². The lowest BCUT2D eigenvalue weighted by Crippen LogP contribution is -2.32. The van der Waals surface area contributed by atoms with Crippen molar-refractivity contribution >= 4 is 23.3 Å². The molecular weight excluding hydrogens is 464 g/mol. The number of rotatable bonds is 14. The minimum atomic E-state index is -0.634. The van der Waals surface area contributed by atoms with E-state index in [0.717, 1.165) is 50.0 Å². The van der Waals surface area contributed by atoms with Crippen LogP contribution in [0.5, 0.6) is 6.01 Å². The van der Waals surface area contributed by atoms with E-state index in [1.54, 1.807) is 6.92 Å². The number of unbranched alkanes of at least 4 members (excludes halogenated alkanes) is 1. The summed E-state index contributed by atoms with van der Waals surface area (Å²) in [6.07, 6.45) is 5.06.